The molecule has 0 aliphatic heterocycles. The Morgan fingerprint density at radius 3 is 2.59 bits per heavy atom. The van der Waals surface area contributed by atoms with Crippen molar-refractivity contribution in [1.29, 1.82) is 0 Å². The largest absolute Gasteiger partial charge is 0.478 e. The second-order valence-corrected chi connectivity index (χ2v) is 4.71. The lowest BCUT2D eigenvalue weighted by Crippen LogP contribution is -1.97. The van der Waals surface area contributed by atoms with Crippen LogP contribution in [0.3, 0.4) is 0 Å². The zero-order valence-corrected chi connectivity index (χ0v) is 9.78. The average Bonchev–Trinajstić information content (AvgIpc) is 2.64. The molecule has 17 heavy (non-hydrogen) atoms. The van der Waals surface area contributed by atoms with E-state index in [2.05, 4.69) is 0 Å². The minimum Gasteiger partial charge on any atom is -0.478 e. The number of benzene rings is 1. The van der Waals surface area contributed by atoms with Crippen molar-refractivity contribution in [3.05, 3.63) is 45.1 Å². The highest BCUT2D eigenvalue weighted by molar-refractivity contribution is 7.15. The van der Waals surface area contributed by atoms with Crippen LogP contribution in [0.15, 0.2) is 23.6 Å². The molecule has 2 nitrogen and oxygen atoms in total. The molecule has 0 aliphatic carbocycles. The van der Waals surface area contributed by atoms with E-state index in [1.807, 2.05) is 0 Å². The highest BCUT2D eigenvalue weighted by atomic mass is 35.5. The average molecular weight is 275 g/mol. The Hall–Kier alpha value is -1.46. The summed E-state index contributed by atoms with van der Waals surface area (Å²) in [5, 5.41) is 10.5. The number of carbonyl (C=O) groups is 1. The van der Waals surface area contributed by atoms with E-state index in [1.54, 1.807) is 0 Å². The van der Waals surface area contributed by atoms with E-state index in [0.29, 0.717) is 0 Å². The Morgan fingerprint density at radius 1 is 1.29 bits per heavy atom. The molecule has 2 rings (SSSR count). The summed E-state index contributed by atoms with van der Waals surface area (Å²) in [5.74, 6) is -3.20. The van der Waals surface area contributed by atoms with E-state index in [0.717, 1.165) is 23.5 Å². The summed E-state index contributed by atoms with van der Waals surface area (Å²) in [5.41, 5.74) is 0.471. The van der Waals surface area contributed by atoms with Gasteiger partial charge in [-0.3, -0.25) is 0 Å². The van der Waals surface area contributed by atoms with Crippen molar-refractivity contribution in [2.45, 2.75) is 0 Å². The Kier molecular flexibility index (Phi) is 3.13. The summed E-state index contributed by atoms with van der Waals surface area (Å²) in [6, 6.07) is 3.20. The van der Waals surface area contributed by atoms with Gasteiger partial charge in [0.2, 0.25) is 0 Å². The van der Waals surface area contributed by atoms with Crippen molar-refractivity contribution in [3.63, 3.8) is 0 Å². The van der Waals surface area contributed by atoms with Crippen LogP contribution in [-0.4, -0.2) is 11.1 Å². The van der Waals surface area contributed by atoms with E-state index >= 15 is 0 Å². The van der Waals surface area contributed by atoms with Crippen LogP contribution in [0, 0.1) is 11.6 Å². The van der Waals surface area contributed by atoms with Crippen molar-refractivity contribution in [3.8, 4) is 11.1 Å². The predicted octanol–water partition coefficient (Wildman–Crippen LogP) is 4.04. The van der Waals surface area contributed by atoms with Gasteiger partial charge in [0, 0.05) is 10.9 Å². The zero-order valence-electron chi connectivity index (χ0n) is 8.21. The molecule has 1 aromatic carbocycles. The van der Waals surface area contributed by atoms with Crippen LogP contribution in [0.4, 0.5) is 8.78 Å². The SMILES string of the molecule is O=C(O)c1c(-c2ccc(F)c(F)c2)csc1Cl. The highest BCUT2D eigenvalue weighted by Gasteiger charge is 2.19. The lowest BCUT2D eigenvalue weighted by atomic mass is 10.0. The van der Waals surface area contributed by atoms with E-state index in [9.17, 15) is 13.6 Å². The van der Waals surface area contributed by atoms with Crippen LogP contribution in [-0.2, 0) is 0 Å². The number of carboxylic acids is 1. The standard InChI is InChI=1S/C11H5ClF2O2S/c12-10-9(11(15)16)6(4-17-10)5-1-2-7(13)8(14)3-5/h1-4H,(H,15,16). The van der Waals surface area contributed by atoms with Gasteiger partial charge < -0.3 is 5.11 Å². The van der Waals surface area contributed by atoms with Crippen LogP contribution < -0.4 is 0 Å². The van der Waals surface area contributed by atoms with Gasteiger partial charge in [-0.15, -0.1) is 11.3 Å². The Balaban J connectivity index is 2.60. The number of carboxylic acid groups (broad SMARTS) is 1. The van der Waals surface area contributed by atoms with Gasteiger partial charge >= 0.3 is 5.97 Å². The molecule has 0 radical (unpaired) electrons. The lowest BCUT2D eigenvalue weighted by Gasteiger charge is -2.02. The second-order valence-electron chi connectivity index (χ2n) is 3.23. The maximum absolute atomic E-state index is 13.1. The van der Waals surface area contributed by atoms with E-state index in [1.165, 1.54) is 11.4 Å². The molecule has 1 heterocycles. The second kappa shape index (κ2) is 4.43. The molecule has 0 saturated heterocycles. The summed E-state index contributed by atoms with van der Waals surface area (Å²) in [7, 11) is 0. The number of halogens is 3. The van der Waals surface area contributed by atoms with Crippen LogP contribution in [0.5, 0.6) is 0 Å². The number of thiophene rings is 1. The van der Waals surface area contributed by atoms with Gasteiger partial charge in [0.15, 0.2) is 11.6 Å². The van der Waals surface area contributed by atoms with Gasteiger partial charge in [-0.1, -0.05) is 17.7 Å². The van der Waals surface area contributed by atoms with Gasteiger partial charge in [0.1, 0.15) is 4.34 Å². The molecule has 88 valence electrons. The number of aromatic carboxylic acids is 1. The van der Waals surface area contributed by atoms with Crippen molar-refractivity contribution < 1.29 is 18.7 Å². The quantitative estimate of drug-likeness (QED) is 0.897. The first kappa shape index (κ1) is 12.0. The molecule has 0 saturated carbocycles. The van der Waals surface area contributed by atoms with Gasteiger partial charge in [-0.25, -0.2) is 13.6 Å². The summed E-state index contributed by atoms with van der Waals surface area (Å²) in [4.78, 5) is 11.0. The van der Waals surface area contributed by atoms with Crippen LogP contribution >= 0.6 is 22.9 Å². The Morgan fingerprint density at radius 2 is 2.00 bits per heavy atom. The van der Waals surface area contributed by atoms with Crippen LogP contribution in [0.25, 0.3) is 11.1 Å². The normalized spacial score (nSPS) is 10.5. The van der Waals surface area contributed by atoms with E-state index < -0.39 is 17.6 Å². The maximum atomic E-state index is 13.1. The number of rotatable bonds is 2. The van der Waals surface area contributed by atoms with E-state index in [-0.39, 0.29) is 21.0 Å². The fourth-order valence-electron chi connectivity index (χ4n) is 1.41. The molecule has 0 unspecified atom stereocenters. The molecular weight excluding hydrogens is 270 g/mol. The molecule has 0 fully saturated rings. The summed E-state index contributed by atoms with van der Waals surface area (Å²) < 4.78 is 25.9. The van der Waals surface area contributed by atoms with Gasteiger partial charge in [0.25, 0.3) is 0 Å². The van der Waals surface area contributed by atoms with Crippen LogP contribution in [0.1, 0.15) is 10.4 Å². The first-order chi connectivity index (χ1) is 8.00. The van der Waals surface area contributed by atoms with Crippen molar-refractivity contribution in [1.82, 2.24) is 0 Å². The third kappa shape index (κ3) is 2.16. The minimum absolute atomic E-state index is 0.0947. The van der Waals surface area contributed by atoms with Crippen molar-refractivity contribution in [2.24, 2.45) is 0 Å². The molecule has 1 aromatic heterocycles. The maximum Gasteiger partial charge on any atom is 0.338 e. The molecule has 0 aliphatic rings. The molecule has 0 atom stereocenters. The summed E-state index contributed by atoms with van der Waals surface area (Å²) in [6.45, 7) is 0. The fourth-order valence-corrected chi connectivity index (χ4v) is 2.52. The zero-order chi connectivity index (χ0) is 12.6. The summed E-state index contributed by atoms with van der Waals surface area (Å²) in [6.07, 6.45) is 0. The fraction of sp³-hybridized carbons (Fsp3) is 0. The van der Waals surface area contributed by atoms with Crippen molar-refractivity contribution in [2.75, 3.05) is 0 Å². The molecule has 2 aromatic rings. The van der Waals surface area contributed by atoms with E-state index in [4.69, 9.17) is 16.7 Å². The molecule has 0 amide bonds. The predicted molar refractivity (Wildman–Crippen MR) is 61.6 cm³/mol. The third-order valence-electron chi connectivity index (χ3n) is 2.19. The summed E-state index contributed by atoms with van der Waals surface area (Å²) >= 11 is 6.76. The van der Waals surface area contributed by atoms with Crippen molar-refractivity contribution >= 4 is 28.9 Å². The molecule has 1 N–H and O–H groups in total. The molecule has 0 spiro atoms. The monoisotopic (exact) mass is 274 g/mol. The third-order valence-corrected chi connectivity index (χ3v) is 3.41. The minimum atomic E-state index is -1.20. The first-order valence-electron chi connectivity index (χ1n) is 4.46. The smallest absolute Gasteiger partial charge is 0.338 e. The molecule has 0 bridgehead atoms. The number of hydrogen-bond acceptors (Lipinski definition) is 2. The molecule has 6 heteroatoms. The van der Waals surface area contributed by atoms with Gasteiger partial charge in [0.05, 0.1) is 5.56 Å². The lowest BCUT2D eigenvalue weighted by molar-refractivity contribution is 0.0698. The van der Waals surface area contributed by atoms with Gasteiger partial charge in [-0.2, -0.15) is 0 Å². The van der Waals surface area contributed by atoms with Crippen LogP contribution in [0.2, 0.25) is 4.34 Å². The molecular formula is C11H5ClF2O2S. The Bertz CT molecular complexity index is 595. The first-order valence-corrected chi connectivity index (χ1v) is 5.72. The van der Waals surface area contributed by atoms with Gasteiger partial charge in [-0.05, 0) is 17.7 Å². The number of hydrogen-bond donors (Lipinski definition) is 1. The highest BCUT2D eigenvalue weighted by Crippen LogP contribution is 2.35. The Labute approximate surface area is 104 Å². The topological polar surface area (TPSA) is 37.3 Å².